The Morgan fingerprint density at radius 2 is 2.42 bits per heavy atom. The van der Waals surface area contributed by atoms with E-state index in [2.05, 4.69) is 15.1 Å². The molecule has 3 heterocycles. The van der Waals surface area contributed by atoms with Gasteiger partial charge < -0.3 is 19.6 Å². The first kappa shape index (κ1) is 12.3. The van der Waals surface area contributed by atoms with E-state index < -0.39 is 0 Å². The molecule has 0 spiro atoms. The average molecular weight is 263 g/mol. The number of imidazole rings is 1. The summed E-state index contributed by atoms with van der Waals surface area (Å²) in [7, 11) is 0. The van der Waals surface area contributed by atoms with Crippen molar-refractivity contribution < 1.29 is 9.26 Å². The molecule has 0 radical (unpaired) electrons. The van der Waals surface area contributed by atoms with Gasteiger partial charge in [0.05, 0.1) is 6.33 Å². The quantitative estimate of drug-likeness (QED) is 0.843. The topological polar surface area (TPSA) is 92.0 Å². The summed E-state index contributed by atoms with van der Waals surface area (Å²) in [5.74, 6) is 1.68. The number of nitrogens with zero attached hydrogens (tertiary/aromatic N) is 4. The molecule has 102 valence electrons. The van der Waals surface area contributed by atoms with Crippen molar-refractivity contribution in [3.8, 4) is 11.6 Å². The summed E-state index contributed by atoms with van der Waals surface area (Å²) in [6.07, 6.45) is 5.45. The highest BCUT2D eigenvalue weighted by Gasteiger charge is 2.20. The van der Waals surface area contributed by atoms with Gasteiger partial charge in [0.25, 0.3) is 5.89 Å². The van der Waals surface area contributed by atoms with E-state index >= 15 is 0 Å². The second kappa shape index (κ2) is 5.50. The lowest BCUT2D eigenvalue weighted by molar-refractivity contribution is 0.185. The zero-order valence-electron chi connectivity index (χ0n) is 10.7. The standard InChI is InChI=1S/C12H17N5O2/c13-2-3-17-6-10(14-8-17)12-15-11(16-19-12)5-9-1-4-18-7-9/h6,8-9H,1-5,7,13H2. The van der Waals surface area contributed by atoms with Crippen LogP contribution in [0.4, 0.5) is 0 Å². The first-order valence-corrected chi connectivity index (χ1v) is 6.47. The fraction of sp³-hybridized carbons (Fsp3) is 0.583. The minimum absolute atomic E-state index is 0.463. The zero-order chi connectivity index (χ0) is 13.1. The van der Waals surface area contributed by atoms with E-state index in [4.69, 9.17) is 15.0 Å². The number of nitrogens with two attached hydrogens (primary N) is 1. The van der Waals surface area contributed by atoms with Crippen LogP contribution in [0.1, 0.15) is 12.2 Å². The zero-order valence-corrected chi connectivity index (χ0v) is 10.7. The maximum absolute atomic E-state index is 5.49. The highest BCUT2D eigenvalue weighted by molar-refractivity contribution is 5.44. The molecule has 1 unspecified atom stereocenters. The Balaban J connectivity index is 1.68. The van der Waals surface area contributed by atoms with E-state index in [1.807, 2.05) is 10.8 Å². The minimum Gasteiger partial charge on any atom is -0.381 e. The highest BCUT2D eigenvalue weighted by atomic mass is 16.5. The fourth-order valence-electron chi connectivity index (χ4n) is 2.19. The van der Waals surface area contributed by atoms with Gasteiger partial charge in [0, 0.05) is 38.9 Å². The van der Waals surface area contributed by atoms with Gasteiger partial charge in [-0.3, -0.25) is 0 Å². The van der Waals surface area contributed by atoms with Crippen molar-refractivity contribution in [3.05, 3.63) is 18.3 Å². The van der Waals surface area contributed by atoms with Gasteiger partial charge in [-0.15, -0.1) is 0 Å². The van der Waals surface area contributed by atoms with Crippen molar-refractivity contribution in [1.82, 2.24) is 19.7 Å². The predicted octanol–water partition coefficient (Wildman–Crippen LogP) is 0.471. The van der Waals surface area contributed by atoms with Crippen LogP contribution in [0.2, 0.25) is 0 Å². The van der Waals surface area contributed by atoms with E-state index in [1.54, 1.807) is 6.33 Å². The molecule has 7 nitrogen and oxygen atoms in total. The Labute approximate surface area is 110 Å². The Hall–Kier alpha value is -1.73. The molecule has 1 aliphatic rings. The molecule has 0 bridgehead atoms. The number of aromatic nitrogens is 4. The van der Waals surface area contributed by atoms with E-state index in [0.29, 0.717) is 24.0 Å². The van der Waals surface area contributed by atoms with Crippen LogP contribution in [0.25, 0.3) is 11.6 Å². The van der Waals surface area contributed by atoms with Crippen LogP contribution in [-0.4, -0.2) is 39.5 Å². The molecule has 0 aliphatic carbocycles. The Morgan fingerprint density at radius 1 is 1.47 bits per heavy atom. The van der Waals surface area contributed by atoms with E-state index in [0.717, 1.165) is 38.4 Å². The molecule has 1 fully saturated rings. The summed E-state index contributed by atoms with van der Waals surface area (Å²) >= 11 is 0. The maximum atomic E-state index is 5.49. The third-order valence-corrected chi connectivity index (χ3v) is 3.20. The van der Waals surface area contributed by atoms with Crippen LogP contribution >= 0.6 is 0 Å². The van der Waals surface area contributed by atoms with Crippen LogP contribution < -0.4 is 5.73 Å². The molecule has 7 heteroatoms. The van der Waals surface area contributed by atoms with Crippen LogP contribution in [0.5, 0.6) is 0 Å². The molecular weight excluding hydrogens is 246 g/mol. The normalized spacial score (nSPS) is 19.1. The van der Waals surface area contributed by atoms with Crippen molar-refractivity contribution in [1.29, 1.82) is 0 Å². The number of hydrogen-bond donors (Lipinski definition) is 1. The van der Waals surface area contributed by atoms with Gasteiger partial charge in [0.2, 0.25) is 0 Å². The molecule has 2 aromatic heterocycles. The van der Waals surface area contributed by atoms with Gasteiger partial charge in [0.15, 0.2) is 5.82 Å². The fourth-order valence-corrected chi connectivity index (χ4v) is 2.19. The molecule has 1 saturated heterocycles. The number of rotatable bonds is 5. The lowest BCUT2D eigenvalue weighted by Crippen LogP contribution is -2.07. The number of ether oxygens (including phenoxy) is 1. The molecule has 0 aromatic carbocycles. The summed E-state index contributed by atoms with van der Waals surface area (Å²) in [6.45, 7) is 2.92. The SMILES string of the molecule is NCCn1cnc(-c2nc(CC3CCOC3)no2)c1. The summed E-state index contributed by atoms with van der Waals surface area (Å²) in [5, 5.41) is 4.00. The van der Waals surface area contributed by atoms with Crippen molar-refractivity contribution in [2.45, 2.75) is 19.4 Å². The van der Waals surface area contributed by atoms with Gasteiger partial charge in [-0.2, -0.15) is 4.98 Å². The van der Waals surface area contributed by atoms with Crippen LogP contribution in [-0.2, 0) is 17.7 Å². The summed E-state index contributed by atoms with van der Waals surface area (Å²) in [6, 6.07) is 0. The van der Waals surface area contributed by atoms with Crippen molar-refractivity contribution in [3.63, 3.8) is 0 Å². The molecule has 0 amide bonds. The average Bonchev–Trinajstić information content (AvgIpc) is 3.10. The van der Waals surface area contributed by atoms with Gasteiger partial charge in [-0.05, 0) is 12.3 Å². The summed E-state index contributed by atoms with van der Waals surface area (Å²) < 4.78 is 12.5. The van der Waals surface area contributed by atoms with Gasteiger partial charge in [-0.1, -0.05) is 5.16 Å². The Bertz CT molecular complexity index is 530. The summed E-state index contributed by atoms with van der Waals surface area (Å²) in [5.41, 5.74) is 6.18. The molecule has 0 saturated carbocycles. The predicted molar refractivity (Wildman–Crippen MR) is 67.2 cm³/mol. The maximum Gasteiger partial charge on any atom is 0.278 e. The van der Waals surface area contributed by atoms with Gasteiger partial charge in [-0.25, -0.2) is 4.98 Å². The third-order valence-electron chi connectivity index (χ3n) is 3.20. The molecule has 1 atom stereocenters. The minimum atomic E-state index is 0.463. The lowest BCUT2D eigenvalue weighted by atomic mass is 10.1. The van der Waals surface area contributed by atoms with Gasteiger partial charge in [0.1, 0.15) is 5.69 Å². The molecular formula is C12H17N5O2. The van der Waals surface area contributed by atoms with Crippen molar-refractivity contribution >= 4 is 0 Å². The molecule has 1 aliphatic heterocycles. The molecule has 19 heavy (non-hydrogen) atoms. The Kier molecular flexibility index (Phi) is 3.56. The smallest absolute Gasteiger partial charge is 0.278 e. The third kappa shape index (κ3) is 2.82. The van der Waals surface area contributed by atoms with Gasteiger partial charge >= 0.3 is 0 Å². The lowest BCUT2D eigenvalue weighted by Gasteiger charge is -2.00. The second-order valence-electron chi connectivity index (χ2n) is 4.73. The summed E-state index contributed by atoms with van der Waals surface area (Å²) in [4.78, 5) is 8.61. The van der Waals surface area contributed by atoms with E-state index in [-0.39, 0.29) is 0 Å². The first-order valence-electron chi connectivity index (χ1n) is 6.47. The van der Waals surface area contributed by atoms with Crippen molar-refractivity contribution in [2.75, 3.05) is 19.8 Å². The molecule has 2 N–H and O–H groups in total. The van der Waals surface area contributed by atoms with E-state index in [1.165, 1.54) is 0 Å². The van der Waals surface area contributed by atoms with Crippen LogP contribution in [0.3, 0.4) is 0 Å². The molecule has 3 rings (SSSR count). The Morgan fingerprint density at radius 3 is 3.21 bits per heavy atom. The van der Waals surface area contributed by atoms with E-state index in [9.17, 15) is 0 Å². The largest absolute Gasteiger partial charge is 0.381 e. The number of hydrogen-bond acceptors (Lipinski definition) is 6. The highest BCUT2D eigenvalue weighted by Crippen LogP contribution is 2.19. The molecule has 2 aromatic rings. The second-order valence-corrected chi connectivity index (χ2v) is 4.73. The van der Waals surface area contributed by atoms with Crippen LogP contribution in [0, 0.1) is 5.92 Å². The first-order chi connectivity index (χ1) is 9.35. The van der Waals surface area contributed by atoms with Crippen LogP contribution in [0.15, 0.2) is 17.0 Å². The monoisotopic (exact) mass is 263 g/mol. The van der Waals surface area contributed by atoms with Crippen molar-refractivity contribution in [2.24, 2.45) is 11.7 Å².